The van der Waals surface area contributed by atoms with Crippen molar-refractivity contribution in [3.8, 4) is 0 Å². The molecule has 3 nitrogen and oxygen atoms in total. The summed E-state index contributed by atoms with van der Waals surface area (Å²) in [6, 6.07) is 0.578. The minimum atomic E-state index is 0.349. The Morgan fingerprint density at radius 2 is 1.87 bits per heavy atom. The van der Waals surface area contributed by atoms with Crippen molar-refractivity contribution in [1.82, 2.24) is 10.2 Å². The molecule has 0 saturated carbocycles. The highest BCUT2D eigenvalue weighted by atomic mass is 16.5. The number of hydrogen-bond donors (Lipinski definition) is 1. The van der Waals surface area contributed by atoms with Gasteiger partial charge < -0.3 is 10.1 Å². The van der Waals surface area contributed by atoms with Crippen LogP contribution in [-0.4, -0.2) is 50.3 Å². The van der Waals surface area contributed by atoms with E-state index in [0.29, 0.717) is 11.5 Å². The third-order valence-electron chi connectivity index (χ3n) is 2.74. The second-order valence-electron chi connectivity index (χ2n) is 5.59. The number of ether oxygens (including phenoxy) is 1. The third-order valence-corrected chi connectivity index (χ3v) is 2.74. The molecule has 0 aromatic rings. The lowest BCUT2D eigenvalue weighted by Gasteiger charge is -2.35. The molecule has 0 radical (unpaired) electrons. The van der Waals surface area contributed by atoms with Gasteiger partial charge in [0.2, 0.25) is 0 Å². The van der Waals surface area contributed by atoms with Crippen LogP contribution in [-0.2, 0) is 4.74 Å². The van der Waals surface area contributed by atoms with E-state index in [-0.39, 0.29) is 0 Å². The average molecular weight is 214 g/mol. The van der Waals surface area contributed by atoms with Gasteiger partial charge in [0.25, 0.3) is 0 Å². The van der Waals surface area contributed by atoms with Crippen LogP contribution in [0.2, 0.25) is 0 Å². The van der Waals surface area contributed by atoms with Gasteiger partial charge in [0, 0.05) is 32.2 Å². The predicted octanol–water partition coefficient (Wildman–Crippen LogP) is 1.34. The van der Waals surface area contributed by atoms with Gasteiger partial charge in [-0.2, -0.15) is 0 Å². The molecule has 0 spiro atoms. The maximum Gasteiger partial charge on any atom is 0.0594 e. The largest absolute Gasteiger partial charge is 0.379 e. The van der Waals surface area contributed by atoms with Gasteiger partial charge in [0.15, 0.2) is 0 Å². The molecule has 0 aromatic heterocycles. The van der Waals surface area contributed by atoms with Crippen LogP contribution in [0.1, 0.15) is 27.7 Å². The van der Waals surface area contributed by atoms with Gasteiger partial charge in [-0.15, -0.1) is 0 Å². The average Bonchev–Trinajstić information content (AvgIpc) is 2.16. The minimum absolute atomic E-state index is 0.349. The highest BCUT2D eigenvalue weighted by molar-refractivity contribution is 4.78. The molecule has 0 unspecified atom stereocenters. The second-order valence-corrected chi connectivity index (χ2v) is 5.59. The highest BCUT2D eigenvalue weighted by Gasteiger charge is 2.22. The van der Waals surface area contributed by atoms with Gasteiger partial charge in [-0.25, -0.2) is 0 Å². The molecule has 0 aliphatic carbocycles. The van der Waals surface area contributed by atoms with E-state index < -0.39 is 0 Å². The molecule has 15 heavy (non-hydrogen) atoms. The number of morpholine rings is 1. The summed E-state index contributed by atoms with van der Waals surface area (Å²) >= 11 is 0. The maximum absolute atomic E-state index is 5.36. The molecule has 90 valence electrons. The number of nitrogens with one attached hydrogen (secondary N) is 1. The van der Waals surface area contributed by atoms with E-state index in [4.69, 9.17) is 4.74 Å². The van der Waals surface area contributed by atoms with Crippen molar-refractivity contribution in [3.63, 3.8) is 0 Å². The van der Waals surface area contributed by atoms with Crippen molar-refractivity contribution in [2.75, 3.05) is 39.4 Å². The van der Waals surface area contributed by atoms with Crippen molar-refractivity contribution in [3.05, 3.63) is 0 Å². The second kappa shape index (κ2) is 5.83. The lowest BCUT2D eigenvalue weighted by Crippen LogP contribution is -2.46. The molecule has 1 heterocycles. The minimum Gasteiger partial charge on any atom is -0.379 e. The van der Waals surface area contributed by atoms with Crippen LogP contribution in [0, 0.1) is 5.41 Å². The van der Waals surface area contributed by atoms with Crippen LogP contribution < -0.4 is 5.32 Å². The van der Waals surface area contributed by atoms with Crippen LogP contribution in [0.5, 0.6) is 0 Å². The van der Waals surface area contributed by atoms with Gasteiger partial charge in [-0.05, 0) is 5.41 Å². The van der Waals surface area contributed by atoms with Crippen molar-refractivity contribution in [2.45, 2.75) is 33.7 Å². The summed E-state index contributed by atoms with van der Waals surface area (Å²) in [5.41, 5.74) is 0.349. The first-order valence-electron chi connectivity index (χ1n) is 6.03. The SMILES string of the molecule is CC(C)NCC(C)(C)CN1CCOCC1. The fraction of sp³-hybridized carbons (Fsp3) is 1.00. The van der Waals surface area contributed by atoms with Crippen LogP contribution in [0.4, 0.5) is 0 Å². The molecule has 3 heteroatoms. The summed E-state index contributed by atoms with van der Waals surface area (Å²) in [4.78, 5) is 2.51. The van der Waals surface area contributed by atoms with Crippen LogP contribution in [0.3, 0.4) is 0 Å². The van der Waals surface area contributed by atoms with E-state index in [1.807, 2.05) is 0 Å². The zero-order chi connectivity index (χ0) is 11.3. The molecule has 1 saturated heterocycles. The van der Waals surface area contributed by atoms with E-state index >= 15 is 0 Å². The molecule has 0 aromatic carbocycles. The summed E-state index contributed by atoms with van der Waals surface area (Å²) in [6.07, 6.45) is 0. The topological polar surface area (TPSA) is 24.5 Å². The summed E-state index contributed by atoms with van der Waals surface area (Å²) in [5.74, 6) is 0. The Kier molecular flexibility index (Phi) is 5.03. The smallest absolute Gasteiger partial charge is 0.0594 e. The van der Waals surface area contributed by atoms with Gasteiger partial charge in [-0.1, -0.05) is 27.7 Å². The first kappa shape index (κ1) is 12.9. The highest BCUT2D eigenvalue weighted by Crippen LogP contribution is 2.16. The Hall–Kier alpha value is -0.120. The molecule has 0 atom stereocenters. The zero-order valence-corrected chi connectivity index (χ0v) is 10.7. The third kappa shape index (κ3) is 5.50. The monoisotopic (exact) mass is 214 g/mol. The molecule has 1 fully saturated rings. The van der Waals surface area contributed by atoms with Crippen LogP contribution >= 0.6 is 0 Å². The van der Waals surface area contributed by atoms with Gasteiger partial charge >= 0.3 is 0 Å². The summed E-state index contributed by atoms with van der Waals surface area (Å²) in [5, 5.41) is 3.52. The standard InChI is InChI=1S/C12H26N2O/c1-11(2)13-9-12(3,4)10-14-5-7-15-8-6-14/h11,13H,5-10H2,1-4H3. The fourth-order valence-corrected chi connectivity index (χ4v) is 1.90. The first-order chi connectivity index (χ1) is 6.99. The Morgan fingerprint density at radius 1 is 1.27 bits per heavy atom. The quantitative estimate of drug-likeness (QED) is 0.747. The van der Waals surface area contributed by atoms with E-state index in [2.05, 4.69) is 37.9 Å². The summed E-state index contributed by atoms with van der Waals surface area (Å²) < 4.78 is 5.36. The summed E-state index contributed by atoms with van der Waals surface area (Å²) in [6.45, 7) is 15.3. The summed E-state index contributed by atoms with van der Waals surface area (Å²) in [7, 11) is 0. The molecule has 1 rings (SSSR count). The molecule has 0 bridgehead atoms. The first-order valence-corrected chi connectivity index (χ1v) is 6.03. The maximum atomic E-state index is 5.36. The predicted molar refractivity (Wildman–Crippen MR) is 64.2 cm³/mol. The lowest BCUT2D eigenvalue weighted by atomic mass is 9.92. The van der Waals surface area contributed by atoms with E-state index in [0.717, 1.165) is 39.4 Å². The Balaban J connectivity index is 2.26. The van der Waals surface area contributed by atoms with Crippen molar-refractivity contribution >= 4 is 0 Å². The Labute approximate surface area is 94.2 Å². The van der Waals surface area contributed by atoms with E-state index in [9.17, 15) is 0 Å². The van der Waals surface area contributed by atoms with Gasteiger partial charge in [-0.3, -0.25) is 4.90 Å². The van der Waals surface area contributed by atoms with Crippen molar-refractivity contribution in [1.29, 1.82) is 0 Å². The fourth-order valence-electron chi connectivity index (χ4n) is 1.90. The van der Waals surface area contributed by atoms with Crippen molar-refractivity contribution < 1.29 is 4.74 Å². The normalized spacial score (nSPS) is 19.8. The molecular weight excluding hydrogens is 188 g/mol. The molecule has 0 amide bonds. The molecule has 1 aliphatic rings. The van der Waals surface area contributed by atoms with E-state index in [1.165, 1.54) is 0 Å². The number of hydrogen-bond acceptors (Lipinski definition) is 3. The Bertz CT molecular complexity index is 174. The van der Waals surface area contributed by atoms with Crippen LogP contribution in [0.15, 0.2) is 0 Å². The van der Waals surface area contributed by atoms with Gasteiger partial charge in [0.1, 0.15) is 0 Å². The lowest BCUT2D eigenvalue weighted by molar-refractivity contribution is 0.0211. The van der Waals surface area contributed by atoms with Crippen LogP contribution in [0.25, 0.3) is 0 Å². The number of rotatable bonds is 5. The number of nitrogens with zero attached hydrogens (tertiary/aromatic N) is 1. The molecular formula is C12H26N2O. The molecule has 1 aliphatic heterocycles. The zero-order valence-electron chi connectivity index (χ0n) is 10.7. The van der Waals surface area contributed by atoms with E-state index in [1.54, 1.807) is 0 Å². The molecule has 1 N–H and O–H groups in total. The van der Waals surface area contributed by atoms with Crippen molar-refractivity contribution in [2.24, 2.45) is 5.41 Å². The Morgan fingerprint density at radius 3 is 2.40 bits per heavy atom. The van der Waals surface area contributed by atoms with Gasteiger partial charge in [0.05, 0.1) is 13.2 Å².